The van der Waals surface area contributed by atoms with Gasteiger partial charge in [-0.2, -0.15) is 0 Å². The molecule has 8 heavy (non-hydrogen) atoms. The lowest BCUT2D eigenvalue weighted by atomic mass is 10.4. The summed E-state index contributed by atoms with van der Waals surface area (Å²) in [6, 6.07) is 0. The van der Waals surface area contributed by atoms with Crippen LogP contribution in [0.2, 0.25) is 0 Å². The van der Waals surface area contributed by atoms with Gasteiger partial charge in [0.25, 0.3) is 0 Å². The van der Waals surface area contributed by atoms with Crippen molar-refractivity contribution in [3.8, 4) is 0 Å². The highest BCUT2D eigenvalue weighted by Crippen LogP contribution is 2.09. The highest BCUT2D eigenvalue weighted by Gasteiger charge is 2.27. The highest BCUT2D eigenvalue weighted by molar-refractivity contribution is 7.81. The van der Waals surface area contributed by atoms with Crippen molar-refractivity contribution in [1.29, 1.82) is 0 Å². The maximum Gasteiger partial charge on any atom is 0.239 e. The molecule has 0 saturated carbocycles. The summed E-state index contributed by atoms with van der Waals surface area (Å²) in [5.74, 6) is 0. The van der Waals surface area contributed by atoms with E-state index in [2.05, 4.69) is 12.6 Å². The Labute approximate surface area is 51.8 Å². The third-order valence-electron chi connectivity index (χ3n) is 0.620. The second-order valence-electron chi connectivity index (χ2n) is 1.39. The van der Waals surface area contributed by atoms with E-state index in [1.165, 1.54) is 0 Å². The van der Waals surface area contributed by atoms with E-state index in [9.17, 15) is 0 Å². The molecule has 5 heteroatoms. The molecule has 0 saturated heterocycles. The summed E-state index contributed by atoms with van der Waals surface area (Å²) in [6.45, 7) is -0.726. The molecule has 0 aromatic carbocycles. The molecule has 0 aromatic heterocycles. The Morgan fingerprint density at radius 3 is 1.88 bits per heavy atom. The van der Waals surface area contributed by atoms with Gasteiger partial charge in [0, 0.05) is 0 Å². The quantitative estimate of drug-likeness (QED) is 0.225. The average Bonchev–Trinajstić information content (AvgIpc) is 1.62. The molecular weight excluding hydrogens is 132 g/mol. The summed E-state index contributed by atoms with van der Waals surface area (Å²) in [4.78, 5) is 0. The van der Waals surface area contributed by atoms with Crippen LogP contribution >= 0.6 is 12.6 Å². The number of thiol groups is 1. The Morgan fingerprint density at radius 2 is 1.88 bits per heavy atom. The summed E-state index contributed by atoms with van der Waals surface area (Å²) < 4.78 is 0. The third-order valence-corrected chi connectivity index (χ3v) is 0.918. The number of rotatable bonds is 2. The van der Waals surface area contributed by atoms with Crippen LogP contribution in [0.15, 0.2) is 0 Å². The van der Waals surface area contributed by atoms with Gasteiger partial charge >= 0.3 is 0 Å². The molecule has 0 amide bonds. The SMILES string of the molecule is OCC(O)C(O)(O)S. The van der Waals surface area contributed by atoms with Gasteiger partial charge in [0.05, 0.1) is 6.61 Å². The van der Waals surface area contributed by atoms with Crippen molar-refractivity contribution in [2.24, 2.45) is 0 Å². The molecule has 0 aliphatic heterocycles. The number of hydrogen-bond acceptors (Lipinski definition) is 5. The molecule has 1 atom stereocenters. The summed E-state index contributed by atoms with van der Waals surface area (Å²) in [7, 11) is 0. The largest absolute Gasteiger partial charge is 0.393 e. The molecule has 0 rings (SSSR count). The molecule has 1 unspecified atom stereocenters. The van der Waals surface area contributed by atoms with Crippen LogP contribution in [0, 0.1) is 0 Å². The molecule has 0 aliphatic carbocycles. The first-order valence-corrected chi connectivity index (χ1v) is 2.39. The lowest BCUT2D eigenvalue weighted by Crippen LogP contribution is -2.38. The van der Waals surface area contributed by atoms with E-state index in [0.717, 1.165) is 0 Å². The molecule has 50 valence electrons. The molecule has 4 nitrogen and oxygen atoms in total. The van der Waals surface area contributed by atoms with E-state index in [-0.39, 0.29) is 0 Å². The lowest BCUT2D eigenvalue weighted by molar-refractivity contribution is -0.162. The Balaban J connectivity index is 3.62. The van der Waals surface area contributed by atoms with Crippen molar-refractivity contribution in [3.63, 3.8) is 0 Å². The van der Waals surface area contributed by atoms with E-state index in [4.69, 9.17) is 20.4 Å². The van der Waals surface area contributed by atoms with Crippen LogP contribution in [0.5, 0.6) is 0 Å². The molecule has 0 fully saturated rings. The van der Waals surface area contributed by atoms with Crippen LogP contribution in [-0.4, -0.2) is 38.3 Å². The van der Waals surface area contributed by atoms with Gasteiger partial charge < -0.3 is 20.4 Å². The second-order valence-corrected chi connectivity index (χ2v) is 2.04. The minimum absolute atomic E-state index is 0.726. The summed E-state index contributed by atoms with van der Waals surface area (Å²) in [6.07, 6.45) is -1.62. The van der Waals surface area contributed by atoms with Crippen LogP contribution in [-0.2, 0) is 0 Å². The zero-order valence-electron chi connectivity index (χ0n) is 4.02. The van der Waals surface area contributed by atoms with Crippen LogP contribution < -0.4 is 0 Å². The predicted octanol–water partition coefficient (Wildman–Crippen LogP) is -2.09. The van der Waals surface area contributed by atoms with Crippen LogP contribution in [0.1, 0.15) is 0 Å². The van der Waals surface area contributed by atoms with Gasteiger partial charge in [-0.15, -0.1) is 12.6 Å². The minimum Gasteiger partial charge on any atom is -0.393 e. The van der Waals surface area contributed by atoms with E-state index in [1.807, 2.05) is 0 Å². The lowest BCUT2D eigenvalue weighted by Gasteiger charge is -2.18. The first kappa shape index (κ1) is 8.19. The van der Waals surface area contributed by atoms with Crippen molar-refractivity contribution in [2.75, 3.05) is 6.61 Å². The van der Waals surface area contributed by atoms with E-state index in [1.54, 1.807) is 0 Å². The van der Waals surface area contributed by atoms with Crippen molar-refractivity contribution in [3.05, 3.63) is 0 Å². The van der Waals surface area contributed by atoms with Gasteiger partial charge in [-0.25, -0.2) is 0 Å². The first-order chi connectivity index (χ1) is 3.48. The molecule has 0 aromatic rings. The van der Waals surface area contributed by atoms with Gasteiger partial charge in [-0.05, 0) is 0 Å². The Hall–Kier alpha value is 0.190. The summed E-state index contributed by atoms with van der Waals surface area (Å²) >= 11 is 3.13. The summed E-state index contributed by atoms with van der Waals surface area (Å²) in [5, 5.41) is 30.5. The molecule has 0 bridgehead atoms. The molecule has 0 spiro atoms. The molecule has 0 heterocycles. The maximum atomic E-state index is 8.37. The van der Waals surface area contributed by atoms with Crippen molar-refractivity contribution in [1.82, 2.24) is 0 Å². The van der Waals surface area contributed by atoms with Gasteiger partial charge in [0.2, 0.25) is 5.12 Å². The molecule has 4 N–H and O–H groups in total. The fourth-order valence-electron chi connectivity index (χ4n) is 0.122. The van der Waals surface area contributed by atoms with Crippen LogP contribution in [0.3, 0.4) is 0 Å². The minimum atomic E-state index is -2.49. The maximum absolute atomic E-state index is 8.37. The number of aliphatic hydroxyl groups is 4. The van der Waals surface area contributed by atoms with Gasteiger partial charge in [0.15, 0.2) is 0 Å². The normalized spacial score (nSPS) is 16.1. The van der Waals surface area contributed by atoms with Gasteiger partial charge in [-0.3, -0.25) is 0 Å². The Bertz CT molecular complexity index is 68.2. The van der Waals surface area contributed by atoms with Crippen molar-refractivity contribution >= 4 is 12.6 Å². The average molecular weight is 140 g/mol. The number of hydrogen-bond donors (Lipinski definition) is 5. The smallest absolute Gasteiger partial charge is 0.239 e. The van der Waals surface area contributed by atoms with E-state index < -0.39 is 17.8 Å². The fraction of sp³-hybridized carbons (Fsp3) is 1.00. The first-order valence-electron chi connectivity index (χ1n) is 1.94. The monoisotopic (exact) mass is 140 g/mol. The van der Waals surface area contributed by atoms with E-state index >= 15 is 0 Å². The van der Waals surface area contributed by atoms with Crippen molar-refractivity contribution in [2.45, 2.75) is 11.2 Å². The highest BCUT2D eigenvalue weighted by atomic mass is 32.1. The van der Waals surface area contributed by atoms with E-state index in [0.29, 0.717) is 0 Å². The fourth-order valence-corrected chi connectivity index (χ4v) is 0.204. The van der Waals surface area contributed by atoms with Crippen molar-refractivity contribution < 1.29 is 20.4 Å². The van der Waals surface area contributed by atoms with Crippen LogP contribution in [0.4, 0.5) is 0 Å². The Kier molecular flexibility index (Phi) is 2.72. The zero-order valence-corrected chi connectivity index (χ0v) is 4.91. The third kappa shape index (κ3) is 2.49. The molecule has 0 aliphatic rings. The molecular formula is C3H8O4S. The standard InChI is InChI=1S/C3H8O4S/c4-1-2(5)3(6,7)8/h2,4-8H,1H2. The number of aliphatic hydroxyl groups excluding tert-OH is 2. The van der Waals surface area contributed by atoms with Crippen LogP contribution in [0.25, 0.3) is 0 Å². The Morgan fingerprint density at radius 1 is 1.50 bits per heavy atom. The zero-order chi connectivity index (χ0) is 6.78. The van der Waals surface area contributed by atoms with Gasteiger partial charge in [0.1, 0.15) is 6.10 Å². The predicted molar refractivity (Wildman–Crippen MR) is 29.2 cm³/mol. The topological polar surface area (TPSA) is 80.9 Å². The van der Waals surface area contributed by atoms with Gasteiger partial charge in [-0.1, -0.05) is 0 Å². The molecule has 0 radical (unpaired) electrons. The second kappa shape index (κ2) is 2.65. The summed E-state index contributed by atoms with van der Waals surface area (Å²) in [5.41, 5.74) is 0.